The highest BCUT2D eigenvalue weighted by molar-refractivity contribution is 6.02. The second kappa shape index (κ2) is 10.6. The number of hydrogen-bond donors (Lipinski definition) is 0. The standard InChI is InChI=1S/C44H35N3/c1-27-23-34-25-32-22-21-31(26-36(32)39(34)40-38(27)35-19-10-11-20-37(35)44(40,2)3)30-17-12-18-33(24-30)43-46-41(28-13-6-4-7-14-28)45-42(47-43)29-15-8-5-9-16-29/h4-22,24,26-27H,23,25H2,1-3H3. The van der Waals surface area contributed by atoms with Crippen LogP contribution in [0.25, 0.3) is 56.4 Å². The van der Waals surface area contributed by atoms with Crippen LogP contribution in [0.3, 0.4) is 0 Å². The van der Waals surface area contributed by atoms with Gasteiger partial charge >= 0.3 is 0 Å². The van der Waals surface area contributed by atoms with Crippen molar-refractivity contribution < 1.29 is 0 Å². The van der Waals surface area contributed by atoms with Gasteiger partial charge in [0.25, 0.3) is 0 Å². The molecule has 0 fully saturated rings. The summed E-state index contributed by atoms with van der Waals surface area (Å²) in [5.74, 6) is 2.55. The van der Waals surface area contributed by atoms with Gasteiger partial charge in [-0.15, -0.1) is 0 Å². The molecule has 1 unspecified atom stereocenters. The van der Waals surface area contributed by atoms with Crippen LogP contribution in [-0.4, -0.2) is 15.0 Å². The smallest absolute Gasteiger partial charge is 0.164 e. The molecule has 0 N–H and O–H groups in total. The first-order chi connectivity index (χ1) is 23.0. The van der Waals surface area contributed by atoms with Crippen molar-refractivity contribution in [3.8, 4) is 45.3 Å². The van der Waals surface area contributed by atoms with Crippen molar-refractivity contribution in [3.05, 3.63) is 161 Å². The minimum absolute atomic E-state index is 0.0235. The van der Waals surface area contributed by atoms with Crippen LogP contribution in [0.15, 0.2) is 139 Å². The molecular weight excluding hydrogens is 571 g/mol. The van der Waals surface area contributed by atoms with Crippen LogP contribution >= 0.6 is 0 Å². The Hall–Kier alpha value is -5.41. The van der Waals surface area contributed by atoms with Crippen molar-refractivity contribution >= 4 is 11.1 Å². The first kappa shape index (κ1) is 27.9. The maximum atomic E-state index is 4.99. The summed E-state index contributed by atoms with van der Waals surface area (Å²) >= 11 is 0. The lowest BCUT2D eigenvalue weighted by Crippen LogP contribution is -2.20. The summed E-state index contributed by atoms with van der Waals surface area (Å²) in [6.07, 6.45) is 2.18. The van der Waals surface area contributed by atoms with E-state index in [0.29, 0.717) is 23.4 Å². The number of nitrogens with zero attached hydrogens (tertiary/aromatic N) is 3. The lowest BCUT2D eigenvalue weighted by Gasteiger charge is -2.31. The van der Waals surface area contributed by atoms with Gasteiger partial charge in [-0.1, -0.05) is 142 Å². The SMILES string of the molecule is CC1CC2=C(C3=C1c1ccccc1C3(C)C)c1cc(-c3cccc(-c4nc(-c5ccccc5)nc(-c5ccccc5)n4)c3)ccc1C2. The molecule has 3 nitrogen and oxygen atoms in total. The molecule has 0 aliphatic heterocycles. The number of rotatable bonds is 4. The molecule has 3 heteroatoms. The molecule has 3 aliphatic carbocycles. The molecule has 226 valence electrons. The van der Waals surface area contributed by atoms with E-state index < -0.39 is 0 Å². The first-order valence-corrected chi connectivity index (χ1v) is 16.6. The third kappa shape index (κ3) is 4.45. The number of benzene rings is 5. The lowest BCUT2D eigenvalue weighted by atomic mass is 9.72. The second-order valence-corrected chi connectivity index (χ2v) is 13.7. The van der Waals surface area contributed by atoms with Crippen molar-refractivity contribution in [2.75, 3.05) is 0 Å². The van der Waals surface area contributed by atoms with Crippen LogP contribution in [0, 0.1) is 5.92 Å². The molecular formula is C44H35N3. The van der Waals surface area contributed by atoms with E-state index >= 15 is 0 Å². The van der Waals surface area contributed by atoms with Gasteiger partial charge in [0.05, 0.1) is 0 Å². The van der Waals surface area contributed by atoms with Gasteiger partial charge in [-0.05, 0) is 81.0 Å². The molecule has 9 rings (SSSR count). The molecule has 0 saturated carbocycles. The predicted octanol–water partition coefficient (Wildman–Crippen LogP) is 10.6. The number of aromatic nitrogens is 3. The van der Waals surface area contributed by atoms with Crippen molar-refractivity contribution in [1.29, 1.82) is 0 Å². The highest BCUT2D eigenvalue weighted by Crippen LogP contribution is 2.60. The van der Waals surface area contributed by atoms with Crippen molar-refractivity contribution in [1.82, 2.24) is 15.0 Å². The van der Waals surface area contributed by atoms with Crippen LogP contribution in [0.2, 0.25) is 0 Å². The number of allylic oxidation sites excluding steroid dienone is 4. The van der Waals surface area contributed by atoms with Gasteiger partial charge in [-0.3, -0.25) is 0 Å². The Morgan fingerprint density at radius 2 is 1.13 bits per heavy atom. The van der Waals surface area contributed by atoms with Crippen molar-refractivity contribution in [2.45, 2.75) is 39.0 Å². The van der Waals surface area contributed by atoms with Gasteiger partial charge in [0.1, 0.15) is 0 Å². The highest BCUT2D eigenvalue weighted by atomic mass is 15.0. The van der Waals surface area contributed by atoms with Gasteiger partial charge in [0.15, 0.2) is 17.5 Å². The largest absolute Gasteiger partial charge is 0.208 e. The molecule has 0 amide bonds. The quantitative estimate of drug-likeness (QED) is 0.201. The number of hydrogen-bond acceptors (Lipinski definition) is 3. The molecule has 0 spiro atoms. The molecule has 6 aromatic rings. The fourth-order valence-electron chi connectivity index (χ4n) is 8.21. The van der Waals surface area contributed by atoms with Crippen LogP contribution in [0.4, 0.5) is 0 Å². The van der Waals surface area contributed by atoms with E-state index in [-0.39, 0.29) is 5.41 Å². The van der Waals surface area contributed by atoms with Crippen LogP contribution in [-0.2, 0) is 11.8 Å². The Morgan fingerprint density at radius 1 is 0.553 bits per heavy atom. The van der Waals surface area contributed by atoms with Crippen LogP contribution in [0.5, 0.6) is 0 Å². The Labute approximate surface area is 276 Å². The Morgan fingerprint density at radius 3 is 1.83 bits per heavy atom. The molecule has 5 aromatic carbocycles. The molecule has 1 atom stereocenters. The third-order valence-corrected chi connectivity index (χ3v) is 10.4. The van der Waals surface area contributed by atoms with E-state index in [9.17, 15) is 0 Å². The molecule has 0 radical (unpaired) electrons. The molecule has 1 aromatic heterocycles. The van der Waals surface area contributed by atoms with Gasteiger partial charge in [-0.25, -0.2) is 15.0 Å². The summed E-state index contributed by atoms with van der Waals surface area (Å²) in [6.45, 7) is 7.26. The van der Waals surface area contributed by atoms with E-state index in [0.717, 1.165) is 35.1 Å². The van der Waals surface area contributed by atoms with Gasteiger partial charge in [0.2, 0.25) is 0 Å². The van der Waals surface area contributed by atoms with E-state index in [1.54, 1.807) is 16.7 Å². The van der Waals surface area contributed by atoms with E-state index in [1.165, 1.54) is 33.4 Å². The average Bonchev–Trinajstić information content (AvgIpc) is 3.60. The van der Waals surface area contributed by atoms with E-state index in [1.807, 2.05) is 36.4 Å². The monoisotopic (exact) mass is 605 g/mol. The zero-order valence-corrected chi connectivity index (χ0v) is 27.0. The fraction of sp³-hybridized carbons (Fsp3) is 0.159. The summed E-state index contributed by atoms with van der Waals surface area (Å²) in [7, 11) is 0. The minimum atomic E-state index is -0.0235. The maximum Gasteiger partial charge on any atom is 0.164 e. The predicted molar refractivity (Wildman–Crippen MR) is 192 cm³/mol. The second-order valence-electron chi connectivity index (χ2n) is 13.7. The van der Waals surface area contributed by atoms with Gasteiger partial charge in [-0.2, -0.15) is 0 Å². The topological polar surface area (TPSA) is 38.7 Å². The summed E-state index contributed by atoms with van der Waals surface area (Å²) < 4.78 is 0. The highest BCUT2D eigenvalue weighted by Gasteiger charge is 2.45. The summed E-state index contributed by atoms with van der Waals surface area (Å²) in [5.41, 5.74) is 17.2. The molecule has 0 bridgehead atoms. The van der Waals surface area contributed by atoms with Crippen molar-refractivity contribution in [3.63, 3.8) is 0 Å². The summed E-state index contributed by atoms with van der Waals surface area (Å²) in [5, 5.41) is 0. The van der Waals surface area contributed by atoms with Gasteiger partial charge in [0, 0.05) is 22.1 Å². The minimum Gasteiger partial charge on any atom is -0.208 e. The Balaban J connectivity index is 1.14. The van der Waals surface area contributed by atoms with E-state index in [2.05, 4.69) is 112 Å². The number of fused-ring (bicyclic) bond motifs is 5. The molecule has 0 saturated heterocycles. The van der Waals surface area contributed by atoms with E-state index in [4.69, 9.17) is 15.0 Å². The van der Waals surface area contributed by atoms with Crippen LogP contribution in [0.1, 0.15) is 49.4 Å². The zero-order chi connectivity index (χ0) is 31.7. The Bertz CT molecular complexity index is 2220. The summed E-state index contributed by atoms with van der Waals surface area (Å²) in [4.78, 5) is 14.9. The lowest BCUT2D eigenvalue weighted by molar-refractivity contribution is 0.643. The normalized spacial score (nSPS) is 17.3. The third-order valence-electron chi connectivity index (χ3n) is 10.4. The Kier molecular flexibility index (Phi) is 6.26. The molecule has 47 heavy (non-hydrogen) atoms. The maximum absolute atomic E-state index is 4.99. The summed E-state index contributed by atoms with van der Waals surface area (Å²) in [6, 6.07) is 45.2. The molecule has 1 heterocycles. The molecule has 3 aliphatic rings. The van der Waals surface area contributed by atoms with Crippen LogP contribution < -0.4 is 0 Å². The first-order valence-electron chi connectivity index (χ1n) is 16.6. The average molecular weight is 606 g/mol. The van der Waals surface area contributed by atoms with Crippen molar-refractivity contribution in [2.24, 2.45) is 5.92 Å². The zero-order valence-electron chi connectivity index (χ0n) is 27.0. The van der Waals surface area contributed by atoms with Gasteiger partial charge < -0.3 is 0 Å². The fourth-order valence-corrected chi connectivity index (χ4v) is 8.21.